The van der Waals surface area contributed by atoms with E-state index in [4.69, 9.17) is 9.05 Å². The SMILES string of the molecule is Cc1ccc([PH]2(O)Oc3c(cc(C(C)(C)C)cc3C(C)(C)C)Cc3cc(C(C)(C)C)cc(C(C)(C)C)c3O2)c(C(C)(C)C)c1. The Morgan fingerprint density at radius 3 is 1.25 bits per heavy atom. The van der Waals surface area contributed by atoms with Crippen molar-refractivity contribution in [2.75, 3.05) is 0 Å². The Balaban J connectivity index is 2.21. The first-order valence-electron chi connectivity index (χ1n) is 16.3. The van der Waals surface area contributed by atoms with Crippen molar-refractivity contribution in [3.05, 3.63) is 87.0 Å². The Kier molecular flexibility index (Phi) is 8.53. The molecule has 44 heavy (non-hydrogen) atoms. The standard InChI is InChI=1S/C40H59O3P/c1-25-17-18-33(30(19-25)38(8,9)10)44(41)42-34-26(21-28(36(2,3)4)23-31(34)39(11,12)13)20-27-22-29(37(5,6)7)24-32(35(27)43-44)40(14,15)16/h17-19,21-24,41,44H,20H2,1-16H3. The molecular formula is C40H59O3P. The molecule has 242 valence electrons. The summed E-state index contributed by atoms with van der Waals surface area (Å²) in [5, 5.41) is 0.772. The minimum atomic E-state index is -4.12. The Bertz CT molecular complexity index is 1480. The van der Waals surface area contributed by atoms with E-state index in [1.54, 1.807) is 0 Å². The van der Waals surface area contributed by atoms with Gasteiger partial charge in [0, 0.05) is 0 Å². The van der Waals surface area contributed by atoms with E-state index in [0.29, 0.717) is 6.42 Å². The van der Waals surface area contributed by atoms with Crippen LogP contribution in [0.1, 0.15) is 148 Å². The molecule has 1 aliphatic rings. The molecule has 0 amide bonds. The summed E-state index contributed by atoms with van der Waals surface area (Å²) in [7, 11) is -4.12. The van der Waals surface area contributed by atoms with Crippen molar-refractivity contribution in [1.82, 2.24) is 0 Å². The molecule has 0 spiro atoms. The van der Waals surface area contributed by atoms with Gasteiger partial charge in [0.15, 0.2) is 0 Å². The zero-order valence-corrected chi connectivity index (χ0v) is 31.5. The molecule has 4 heteroatoms. The summed E-state index contributed by atoms with van der Waals surface area (Å²) in [5.74, 6) is 1.54. The van der Waals surface area contributed by atoms with Crippen LogP contribution in [0.4, 0.5) is 0 Å². The molecule has 0 aliphatic carbocycles. The van der Waals surface area contributed by atoms with Gasteiger partial charge >= 0.3 is 270 Å². The van der Waals surface area contributed by atoms with E-state index < -0.39 is 7.94 Å². The Labute approximate surface area is 269 Å². The molecule has 0 radical (unpaired) electrons. The second-order valence-corrected chi connectivity index (χ2v) is 20.4. The third-order valence-electron chi connectivity index (χ3n) is 8.86. The number of fused-ring (bicyclic) bond motifs is 2. The molecule has 0 aromatic heterocycles. The second kappa shape index (κ2) is 10.9. The summed E-state index contributed by atoms with van der Waals surface area (Å²) in [4.78, 5) is 13.1. The fourth-order valence-electron chi connectivity index (χ4n) is 6.03. The molecule has 3 aromatic carbocycles. The molecule has 0 saturated carbocycles. The Morgan fingerprint density at radius 1 is 0.523 bits per heavy atom. The zero-order chi connectivity index (χ0) is 33.4. The molecule has 0 saturated heterocycles. The van der Waals surface area contributed by atoms with Crippen molar-refractivity contribution in [3.63, 3.8) is 0 Å². The molecular weight excluding hydrogens is 559 g/mol. The van der Waals surface area contributed by atoms with Crippen LogP contribution in [0.3, 0.4) is 0 Å². The first-order chi connectivity index (χ1) is 19.7. The molecule has 0 unspecified atom stereocenters. The normalized spacial score (nSPS) is 16.6. The summed E-state index contributed by atoms with van der Waals surface area (Å²) in [6.45, 7) is 35.7. The van der Waals surface area contributed by atoms with E-state index in [1.165, 1.54) is 11.1 Å². The summed E-state index contributed by atoms with van der Waals surface area (Å²) in [6, 6.07) is 15.5. The van der Waals surface area contributed by atoms with Crippen LogP contribution in [0.5, 0.6) is 11.5 Å². The average Bonchev–Trinajstić information content (AvgIpc) is 2.81. The molecule has 3 nitrogen and oxygen atoms in total. The third kappa shape index (κ3) is 6.90. The van der Waals surface area contributed by atoms with Crippen molar-refractivity contribution in [2.24, 2.45) is 0 Å². The van der Waals surface area contributed by atoms with Gasteiger partial charge < -0.3 is 0 Å². The molecule has 4 rings (SSSR count). The summed E-state index contributed by atoms with van der Waals surface area (Å²) >= 11 is 0. The molecule has 1 N–H and O–H groups in total. The first-order valence-corrected chi connectivity index (χ1v) is 18.1. The predicted molar refractivity (Wildman–Crippen MR) is 192 cm³/mol. The third-order valence-corrected chi connectivity index (χ3v) is 10.9. The van der Waals surface area contributed by atoms with Crippen LogP contribution < -0.4 is 14.4 Å². The second-order valence-electron chi connectivity index (χ2n) is 18.3. The van der Waals surface area contributed by atoms with E-state index >= 15 is 0 Å². The first kappa shape index (κ1) is 34.5. The van der Waals surface area contributed by atoms with Gasteiger partial charge in [-0.25, -0.2) is 0 Å². The van der Waals surface area contributed by atoms with E-state index in [0.717, 1.165) is 50.2 Å². The Morgan fingerprint density at radius 2 is 0.909 bits per heavy atom. The summed E-state index contributed by atoms with van der Waals surface area (Å²) in [6.07, 6.45) is 0.662. The molecule has 0 fully saturated rings. The monoisotopic (exact) mass is 618 g/mol. The van der Waals surface area contributed by atoms with Crippen LogP contribution in [0.25, 0.3) is 0 Å². The van der Waals surface area contributed by atoms with Gasteiger partial charge in [0.05, 0.1) is 0 Å². The van der Waals surface area contributed by atoms with Crippen LogP contribution in [0, 0.1) is 6.92 Å². The van der Waals surface area contributed by atoms with Gasteiger partial charge in [0.25, 0.3) is 0 Å². The quantitative estimate of drug-likeness (QED) is 0.276. The van der Waals surface area contributed by atoms with E-state index in [2.05, 4.69) is 147 Å². The van der Waals surface area contributed by atoms with Crippen LogP contribution in [-0.4, -0.2) is 4.89 Å². The number of hydrogen-bond donors (Lipinski definition) is 1. The van der Waals surface area contributed by atoms with Crippen LogP contribution in [-0.2, 0) is 33.5 Å². The van der Waals surface area contributed by atoms with Crippen LogP contribution in [0.15, 0.2) is 42.5 Å². The van der Waals surface area contributed by atoms with Crippen molar-refractivity contribution in [3.8, 4) is 11.5 Å². The summed E-state index contributed by atoms with van der Waals surface area (Å²) < 4.78 is 14.2. The maximum atomic E-state index is 13.1. The molecule has 3 aromatic rings. The molecule has 1 aliphatic heterocycles. The van der Waals surface area contributed by atoms with Crippen molar-refractivity contribution in [1.29, 1.82) is 0 Å². The van der Waals surface area contributed by atoms with E-state index in [-0.39, 0.29) is 27.1 Å². The summed E-state index contributed by atoms with van der Waals surface area (Å²) in [5.41, 5.74) is 8.40. The molecule has 0 atom stereocenters. The van der Waals surface area contributed by atoms with Gasteiger partial charge in [0.2, 0.25) is 0 Å². The van der Waals surface area contributed by atoms with Crippen molar-refractivity contribution < 1.29 is 13.9 Å². The van der Waals surface area contributed by atoms with Crippen molar-refractivity contribution >= 4 is 13.2 Å². The molecule has 1 heterocycles. The topological polar surface area (TPSA) is 38.7 Å². The van der Waals surface area contributed by atoms with Gasteiger partial charge in [0.1, 0.15) is 0 Å². The number of aryl methyl sites for hydroxylation is 1. The van der Waals surface area contributed by atoms with Gasteiger partial charge in [-0.15, -0.1) is 0 Å². The van der Waals surface area contributed by atoms with Crippen molar-refractivity contribution in [2.45, 2.75) is 144 Å². The predicted octanol–water partition coefficient (Wildman–Crippen LogP) is 10.7. The number of hydrogen-bond acceptors (Lipinski definition) is 3. The fraction of sp³-hybridized carbons (Fsp3) is 0.550. The molecule has 0 bridgehead atoms. The van der Waals surface area contributed by atoms with E-state index in [1.807, 2.05) is 6.07 Å². The van der Waals surface area contributed by atoms with Gasteiger partial charge in [-0.3, -0.25) is 0 Å². The van der Waals surface area contributed by atoms with Gasteiger partial charge in [-0.1, -0.05) is 0 Å². The number of benzene rings is 3. The number of rotatable bonds is 1. The van der Waals surface area contributed by atoms with Gasteiger partial charge in [-0.05, 0) is 0 Å². The average molecular weight is 619 g/mol. The van der Waals surface area contributed by atoms with Crippen LogP contribution in [0.2, 0.25) is 0 Å². The maximum absolute atomic E-state index is 13.1. The minimum absolute atomic E-state index is 0.0509. The van der Waals surface area contributed by atoms with Crippen LogP contribution >= 0.6 is 7.94 Å². The Hall–Kier alpha value is -2.35. The van der Waals surface area contributed by atoms with E-state index in [9.17, 15) is 4.89 Å². The fourth-order valence-corrected chi connectivity index (χ4v) is 8.41. The zero-order valence-electron chi connectivity index (χ0n) is 30.5. The van der Waals surface area contributed by atoms with Gasteiger partial charge in [-0.2, -0.15) is 0 Å².